The highest BCUT2D eigenvalue weighted by atomic mass is 19.1. The van der Waals surface area contributed by atoms with Gasteiger partial charge in [0.2, 0.25) is 0 Å². The third kappa shape index (κ3) is 5.29. The first-order chi connectivity index (χ1) is 16.3. The second kappa shape index (κ2) is 11.3. The average molecular weight is 455 g/mol. The van der Waals surface area contributed by atoms with Crippen LogP contribution in [0.15, 0.2) is 121 Å². The fourth-order valence-corrected chi connectivity index (χ4v) is 4.41. The molecule has 0 atom stereocenters. The Kier molecular flexibility index (Phi) is 8.41. The Morgan fingerprint density at radius 1 is 0.471 bits per heavy atom. The minimum absolute atomic E-state index is 0.104. The molecule has 176 valence electrons. The Morgan fingerprint density at radius 2 is 0.735 bits per heavy atom. The van der Waals surface area contributed by atoms with Crippen LogP contribution in [0.2, 0.25) is 0 Å². The van der Waals surface area contributed by atoms with Crippen LogP contribution in [-0.2, 0) is 11.3 Å². The molecule has 4 aromatic carbocycles. The lowest BCUT2D eigenvalue weighted by Crippen LogP contribution is -2.33. The van der Waals surface area contributed by atoms with E-state index in [-0.39, 0.29) is 11.8 Å². The molecular weight excluding hydrogens is 419 g/mol. The third-order valence-corrected chi connectivity index (χ3v) is 6.45. The molecule has 0 aliphatic carbocycles. The van der Waals surface area contributed by atoms with Gasteiger partial charge in [-0.15, -0.1) is 0 Å². The zero-order valence-corrected chi connectivity index (χ0v) is 20.5. The van der Waals surface area contributed by atoms with E-state index in [1.54, 1.807) is 0 Å². The molecule has 0 saturated heterocycles. The maximum Gasteiger partial charge on any atom is 0.163 e. The van der Waals surface area contributed by atoms with Crippen molar-refractivity contribution >= 4 is 0 Å². The van der Waals surface area contributed by atoms with Crippen LogP contribution in [0.1, 0.15) is 49.9 Å². The molecule has 0 amide bonds. The van der Waals surface area contributed by atoms with E-state index in [1.165, 1.54) is 0 Å². The summed E-state index contributed by atoms with van der Waals surface area (Å²) in [7, 11) is 0. The molecule has 0 aromatic heterocycles. The molecule has 0 spiro atoms. The van der Waals surface area contributed by atoms with E-state index in [4.69, 9.17) is 0 Å². The number of alkyl halides is 1. The highest BCUT2D eigenvalue weighted by molar-refractivity contribution is 5.37. The number of benzene rings is 4. The van der Waals surface area contributed by atoms with Crippen molar-refractivity contribution in [2.24, 2.45) is 11.8 Å². The zero-order chi connectivity index (χ0) is 24.6. The number of rotatable bonds is 6. The summed E-state index contributed by atoms with van der Waals surface area (Å²) in [6.07, 6.45) is 0. The first-order valence-corrected chi connectivity index (χ1v) is 11.9. The van der Waals surface area contributed by atoms with Gasteiger partial charge in [-0.1, -0.05) is 149 Å². The lowest BCUT2D eigenvalue weighted by Gasteiger charge is -2.33. The number of halogens is 1. The van der Waals surface area contributed by atoms with E-state index >= 15 is 4.39 Å². The van der Waals surface area contributed by atoms with Crippen LogP contribution in [0.4, 0.5) is 4.39 Å². The van der Waals surface area contributed by atoms with Crippen molar-refractivity contribution in [3.63, 3.8) is 0 Å². The average Bonchev–Trinajstić information content (AvgIpc) is 2.90. The van der Waals surface area contributed by atoms with Gasteiger partial charge >= 0.3 is 0 Å². The van der Waals surface area contributed by atoms with Crippen LogP contribution in [-0.4, -0.2) is 5.11 Å². The van der Waals surface area contributed by atoms with E-state index in [0.29, 0.717) is 0 Å². The predicted octanol–water partition coefficient (Wildman–Crippen LogP) is 8.13. The lowest BCUT2D eigenvalue weighted by molar-refractivity contribution is 0.0318. The quantitative estimate of drug-likeness (QED) is 0.312. The Morgan fingerprint density at radius 3 is 0.971 bits per heavy atom. The Bertz CT molecular complexity index is 935. The summed E-state index contributed by atoms with van der Waals surface area (Å²) in [5.74, 6) is 0.0135. The van der Waals surface area contributed by atoms with Crippen molar-refractivity contribution in [3.8, 4) is 0 Å². The second-order valence-corrected chi connectivity index (χ2v) is 9.25. The van der Waals surface area contributed by atoms with Crippen molar-refractivity contribution in [3.05, 3.63) is 144 Å². The molecule has 1 nitrogen and oxygen atoms in total. The topological polar surface area (TPSA) is 20.2 Å². The summed E-state index contributed by atoms with van der Waals surface area (Å²) in [5.41, 5.74) is 1.01. The first-order valence-electron chi connectivity index (χ1n) is 11.9. The van der Waals surface area contributed by atoms with Gasteiger partial charge in [-0.2, -0.15) is 0 Å². The first kappa shape index (κ1) is 25.4. The van der Waals surface area contributed by atoms with E-state index in [9.17, 15) is 5.11 Å². The predicted molar refractivity (Wildman–Crippen MR) is 140 cm³/mol. The Labute approximate surface area is 203 Å². The second-order valence-electron chi connectivity index (χ2n) is 9.25. The summed E-state index contributed by atoms with van der Waals surface area (Å²) in [6, 6.07) is 38.5. The van der Waals surface area contributed by atoms with Crippen LogP contribution in [0.3, 0.4) is 0 Å². The summed E-state index contributed by atoms with van der Waals surface area (Å²) in [6.45, 7) is 7.92. The lowest BCUT2D eigenvalue weighted by atomic mass is 9.78. The molecule has 0 fully saturated rings. The molecule has 0 saturated carbocycles. The van der Waals surface area contributed by atoms with Gasteiger partial charge in [0.15, 0.2) is 5.67 Å². The molecule has 0 unspecified atom stereocenters. The minimum Gasteiger partial charge on any atom is -0.380 e. The van der Waals surface area contributed by atoms with Crippen molar-refractivity contribution in [2.75, 3.05) is 0 Å². The van der Waals surface area contributed by atoms with Crippen LogP contribution >= 0.6 is 0 Å². The molecule has 0 aliphatic rings. The summed E-state index contributed by atoms with van der Waals surface area (Å²) < 4.78 is 15.4. The van der Waals surface area contributed by atoms with E-state index in [2.05, 4.69) is 0 Å². The molecule has 0 aliphatic heterocycles. The largest absolute Gasteiger partial charge is 0.380 e. The number of hydrogen-bond donors (Lipinski definition) is 1. The molecule has 0 radical (unpaired) electrons. The monoisotopic (exact) mass is 454 g/mol. The van der Waals surface area contributed by atoms with Crippen LogP contribution in [0, 0.1) is 11.8 Å². The number of aliphatic hydroxyl groups is 1. The van der Waals surface area contributed by atoms with Gasteiger partial charge in [0.1, 0.15) is 5.60 Å². The minimum atomic E-state index is -1.41. The summed E-state index contributed by atoms with van der Waals surface area (Å²) in [4.78, 5) is 0. The summed E-state index contributed by atoms with van der Waals surface area (Å²) >= 11 is 0. The molecule has 4 aromatic rings. The van der Waals surface area contributed by atoms with Gasteiger partial charge in [0.25, 0.3) is 0 Å². The normalized spacial score (nSPS) is 11.8. The molecular formula is C32H35FO. The molecule has 0 heterocycles. The number of hydrogen-bond acceptors (Lipinski definition) is 1. The maximum absolute atomic E-state index is 15.4. The highest BCUT2D eigenvalue weighted by Crippen LogP contribution is 2.40. The summed E-state index contributed by atoms with van der Waals surface area (Å²) in [5, 5.41) is 11.0. The van der Waals surface area contributed by atoms with Crippen LogP contribution < -0.4 is 0 Å². The van der Waals surface area contributed by atoms with Crippen molar-refractivity contribution in [1.82, 2.24) is 0 Å². The van der Waals surface area contributed by atoms with E-state index < -0.39 is 11.3 Å². The third-order valence-electron chi connectivity index (χ3n) is 6.45. The fraction of sp³-hybridized carbons (Fsp3) is 0.250. The van der Waals surface area contributed by atoms with Crippen molar-refractivity contribution in [2.45, 2.75) is 39.0 Å². The SMILES string of the molecule is CC(C)C(F)(c1ccccc1)c1ccccc1.CC(C)C(O)(c1ccccc1)c1ccccc1. The smallest absolute Gasteiger partial charge is 0.163 e. The van der Waals surface area contributed by atoms with E-state index in [0.717, 1.165) is 22.3 Å². The molecule has 0 bridgehead atoms. The van der Waals surface area contributed by atoms with Gasteiger partial charge in [-0.05, 0) is 34.1 Å². The van der Waals surface area contributed by atoms with Crippen LogP contribution in [0.5, 0.6) is 0 Å². The zero-order valence-electron chi connectivity index (χ0n) is 20.5. The van der Waals surface area contributed by atoms with Gasteiger partial charge in [-0.25, -0.2) is 4.39 Å². The van der Waals surface area contributed by atoms with Gasteiger partial charge < -0.3 is 5.11 Å². The van der Waals surface area contributed by atoms with Gasteiger partial charge in [0.05, 0.1) is 0 Å². The van der Waals surface area contributed by atoms with Crippen molar-refractivity contribution < 1.29 is 9.50 Å². The van der Waals surface area contributed by atoms with Crippen molar-refractivity contribution in [1.29, 1.82) is 0 Å². The maximum atomic E-state index is 15.4. The Balaban J connectivity index is 0.000000191. The molecule has 4 rings (SSSR count). The van der Waals surface area contributed by atoms with Crippen LogP contribution in [0.25, 0.3) is 0 Å². The van der Waals surface area contributed by atoms with Gasteiger partial charge in [-0.3, -0.25) is 0 Å². The highest BCUT2D eigenvalue weighted by Gasteiger charge is 2.37. The molecule has 1 N–H and O–H groups in total. The fourth-order valence-electron chi connectivity index (χ4n) is 4.41. The molecule has 2 heteroatoms. The van der Waals surface area contributed by atoms with E-state index in [1.807, 2.05) is 149 Å². The van der Waals surface area contributed by atoms with Gasteiger partial charge in [0, 0.05) is 0 Å². The Hall–Kier alpha value is -3.23. The standard InChI is InChI=1S/C16H17F.C16H18O/c2*1-13(2)16(17,14-9-5-3-6-10-14)15-11-7-4-8-12-15/h3-13H,1-2H3;3-13,17H,1-2H3. The molecule has 34 heavy (non-hydrogen) atoms.